The fourth-order valence-corrected chi connectivity index (χ4v) is 3.52. The molecule has 1 aliphatic heterocycles. The smallest absolute Gasteiger partial charge is 0.251 e. The van der Waals surface area contributed by atoms with E-state index in [4.69, 9.17) is 26.8 Å². The number of nitrogens with two attached hydrogens (primary N) is 1. The van der Waals surface area contributed by atoms with Gasteiger partial charge >= 0.3 is 0 Å². The number of carbonyl (C=O) groups excluding carboxylic acids is 1. The molecule has 1 atom stereocenters. The van der Waals surface area contributed by atoms with Gasteiger partial charge in [-0.15, -0.1) is 0 Å². The molecule has 1 saturated carbocycles. The summed E-state index contributed by atoms with van der Waals surface area (Å²) in [6.45, 7) is 0.586. The van der Waals surface area contributed by atoms with E-state index in [1.807, 2.05) is 0 Å². The molecular weight excluding hydrogens is 304 g/mol. The van der Waals surface area contributed by atoms with Crippen molar-refractivity contribution in [1.29, 1.82) is 0 Å². The molecular formula is C16H21ClN2O3. The van der Waals surface area contributed by atoms with Gasteiger partial charge in [0.1, 0.15) is 0 Å². The molecule has 0 spiro atoms. The average molecular weight is 325 g/mol. The second-order valence-corrected chi connectivity index (χ2v) is 6.31. The zero-order valence-electron chi connectivity index (χ0n) is 12.4. The minimum Gasteiger partial charge on any atom is -0.454 e. The summed E-state index contributed by atoms with van der Waals surface area (Å²) >= 11 is 6.13. The Morgan fingerprint density at radius 3 is 2.82 bits per heavy atom. The summed E-state index contributed by atoms with van der Waals surface area (Å²) in [7, 11) is 0. The van der Waals surface area contributed by atoms with Crippen LogP contribution in [0.1, 0.15) is 42.5 Å². The van der Waals surface area contributed by atoms with Crippen LogP contribution in [0.3, 0.4) is 0 Å². The number of halogens is 1. The Hall–Kier alpha value is -1.46. The Bertz CT molecular complexity index is 559. The number of rotatable bonds is 4. The second kappa shape index (κ2) is 6.75. The highest BCUT2D eigenvalue weighted by atomic mass is 35.5. The molecule has 3 rings (SSSR count). The van der Waals surface area contributed by atoms with Gasteiger partial charge in [0.15, 0.2) is 11.5 Å². The molecule has 1 unspecified atom stereocenters. The van der Waals surface area contributed by atoms with E-state index in [9.17, 15) is 4.79 Å². The van der Waals surface area contributed by atoms with Gasteiger partial charge < -0.3 is 20.5 Å². The predicted molar refractivity (Wildman–Crippen MR) is 84.5 cm³/mol. The van der Waals surface area contributed by atoms with E-state index in [1.54, 1.807) is 12.1 Å². The maximum absolute atomic E-state index is 12.5. The molecule has 2 aliphatic rings. The van der Waals surface area contributed by atoms with Crippen molar-refractivity contribution in [2.24, 2.45) is 11.7 Å². The zero-order chi connectivity index (χ0) is 15.5. The van der Waals surface area contributed by atoms with E-state index < -0.39 is 0 Å². The number of benzene rings is 1. The molecule has 0 bridgehead atoms. The molecule has 1 aliphatic carbocycles. The predicted octanol–water partition coefficient (Wildman–Crippen LogP) is 2.71. The lowest BCUT2D eigenvalue weighted by Gasteiger charge is -2.30. The van der Waals surface area contributed by atoms with Gasteiger partial charge in [-0.25, -0.2) is 0 Å². The lowest BCUT2D eigenvalue weighted by molar-refractivity contribution is 0.0915. The summed E-state index contributed by atoms with van der Waals surface area (Å²) in [6.07, 6.45) is 5.97. The summed E-state index contributed by atoms with van der Waals surface area (Å²) in [4.78, 5) is 12.5. The minimum atomic E-state index is -0.166. The van der Waals surface area contributed by atoms with Gasteiger partial charge in [-0.3, -0.25) is 4.79 Å². The van der Waals surface area contributed by atoms with Crippen molar-refractivity contribution < 1.29 is 14.3 Å². The Kier molecular flexibility index (Phi) is 4.74. The third kappa shape index (κ3) is 3.15. The first kappa shape index (κ1) is 15.4. The molecule has 1 fully saturated rings. The summed E-state index contributed by atoms with van der Waals surface area (Å²) in [5, 5.41) is 3.44. The average Bonchev–Trinajstić information content (AvgIpc) is 3.02. The fraction of sp³-hybridized carbons (Fsp3) is 0.562. The highest BCUT2D eigenvalue weighted by Crippen LogP contribution is 2.39. The van der Waals surface area contributed by atoms with Gasteiger partial charge in [0.05, 0.1) is 5.02 Å². The summed E-state index contributed by atoms with van der Waals surface area (Å²) in [5.74, 6) is 1.31. The number of nitrogens with one attached hydrogen (secondary N) is 1. The lowest BCUT2D eigenvalue weighted by atomic mass is 9.84. The number of hydrogen-bond acceptors (Lipinski definition) is 4. The van der Waals surface area contributed by atoms with E-state index in [2.05, 4.69) is 5.32 Å². The molecule has 0 aromatic heterocycles. The molecule has 0 saturated heterocycles. The molecule has 120 valence electrons. The monoisotopic (exact) mass is 324 g/mol. The van der Waals surface area contributed by atoms with Crippen LogP contribution in [0, 0.1) is 5.92 Å². The summed E-state index contributed by atoms with van der Waals surface area (Å²) < 4.78 is 10.6. The van der Waals surface area contributed by atoms with Crippen molar-refractivity contribution in [1.82, 2.24) is 5.32 Å². The number of fused-ring (bicyclic) bond motifs is 1. The van der Waals surface area contributed by atoms with Gasteiger partial charge in [-0.05, 0) is 30.9 Å². The highest BCUT2D eigenvalue weighted by molar-refractivity contribution is 6.32. The van der Waals surface area contributed by atoms with Gasteiger partial charge in [0.25, 0.3) is 5.91 Å². The maximum atomic E-state index is 12.5. The summed E-state index contributed by atoms with van der Waals surface area (Å²) in [6, 6.07) is 3.29. The van der Waals surface area contributed by atoms with Gasteiger partial charge in [0.2, 0.25) is 6.79 Å². The van der Waals surface area contributed by atoms with E-state index in [0.717, 1.165) is 12.8 Å². The maximum Gasteiger partial charge on any atom is 0.251 e. The van der Waals surface area contributed by atoms with Crippen molar-refractivity contribution in [3.63, 3.8) is 0 Å². The van der Waals surface area contributed by atoms with E-state index >= 15 is 0 Å². The van der Waals surface area contributed by atoms with Crippen LogP contribution in [-0.2, 0) is 0 Å². The van der Waals surface area contributed by atoms with Crippen molar-refractivity contribution in [2.45, 2.75) is 38.1 Å². The molecule has 5 nitrogen and oxygen atoms in total. The van der Waals surface area contributed by atoms with Crippen LogP contribution in [0.15, 0.2) is 12.1 Å². The molecule has 1 aromatic carbocycles. The largest absolute Gasteiger partial charge is 0.454 e. The molecule has 6 heteroatoms. The van der Waals surface area contributed by atoms with Gasteiger partial charge in [-0.1, -0.05) is 30.9 Å². The first-order valence-electron chi connectivity index (χ1n) is 7.79. The van der Waals surface area contributed by atoms with Crippen LogP contribution in [0.5, 0.6) is 11.5 Å². The van der Waals surface area contributed by atoms with Crippen molar-refractivity contribution >= 4 is 17.5 Å². The van der Waals surface area contributed by atoms with Crippen LogP contribution in [0.2, 0.25) is 5.02 Å². The zero-order valence-corrected chi connectivity index (χ0v) is 13.2. The third-order valence-corrected chi connectivity index (χ3v) is 4.76. The number of hydrogen-bond donors (Lipinski definition) is 2. The Morgan fingerprint density at radius 1 is 1.32 bits per heavy atom. The number of ether oxygens (including phenoxy) is 2. The van der Waals surface area contributed by atoms with E-state index in [1.165, 1.54) is 19.3 Å². The topological polar surface area (TPSA) is 73.6 Å². The van der Waals surface area contributed by atoms with Crippen LogP contribution >= 0.6 is 11.6 Å². The van der Waals surface area contributed by atoms with Gasteiger partial charge in [-0.2, -0.15) is 0 Å². The Balaban J connectivity index is 1.72. The van der Waals surface area contributed by atoms with Crippen LogP contribution < -0.4 is 20.5 Å². The van der Waals surface area contributed by atoms with Crippen LogP contribution in [0.25, 0.3) is 0 Å². The summed E-state index contributed by atoms with van der Waals surface area (Å²) in [5.41, 5.74) is 6.34. The number of carbonyl (C=O) groups is 1. The SMILES string of the molecule is NCC(NC(=O)c1cc(Cl)c2c(c1)OCO2)C1CCCCC1. The van der Waals surface area contributed by atoms with Crippen LogP contribution in [-0.4, -0.2) is 25.3 Å². The molecule has 1 amide bonds. The fourth-order valence-electron chi connectivity index (χ4n) is 3.26. The Morgan fingerprint density at radius 2 is 2.09 bits per heavy atom. The van der Waals surface area contributed by atoms with Crippen molar-refractivity contribution in [3.8, 4) is 11.5 Å². The minimum absolute atomic E-state index is 0.0111. The number of amides is 1. The molecule has 0 radical (unpaired) electrons. The Labute approximate surface area is 135 Å². The quantitative estimate of drug-likeness (QED) is 0.893. The van der Waals surface area contributed by atoms with E-state index in [0.29, 0.717) is 34.5 Å². The van der Waals surface area contributed by atoms with Crippen molar-refractivity contribution in [2.75, 3.05) is 13.3 Å². The molecule has 1 heterocycles. The molecule has 1 aromatic rings. The standard InChI is InChI=1S/C16H21ClN2O3/c17-12-6-11(7-14-15(12)22-9-21-14)16(20)19-13(8-18)10-4-2-1-3-5-10/h6-7,10,13H,1-5,8-9,18H2,(H,19,20). The second-order valence-electron chi connectivity index (χ2n) is 5.91. The first-order chi connectivity index (χ1) is 10.7. The highest BCUT2D eigenvalue weighted by Gasteiger charge is 2.26. The lowest BCUT2D eigenvalue weighted by Crippen LogP contribution is -2.45. The first-order valence-corrected chi connectivity index (χ1v) is 8.17. The van der Waals surface area contributed by atoms with Crippen molar-refractivity contribution in [3.05, 3.63) is 22.7 Å². The molecule has 3 N–H and O–H groups in total. The normalized spacial score (nSPS) is 19.0. The van der Waals surface area contributed by atoms with Gasteiger partial charge in [0, 0.05) is 18.2 Å². The third-order valence-electron chi connectivity index (χ3n) is 4.48. The van der Waals surface area contributed by atoms with E-state index in [-0.39, 0.29) is 18.7 Å². The van der Waals surface area contributed by atoms with Crippen LogP contribution in [0.4, 0.5) is 0 Å². The molecule has 22 heavy (non-hydrogen) atoms.